The Morgan fingerprint density at radius 1 is 0.919 bits per heavy atom. The number of hydrogen-bond acceptors (Lipinski definition) is 2. The molecule has 5 heteroatoms. The smallest absolute Gasteiger partial charge is 0.686 e. The largest absolute Gasteiger partial charge is 4.00 e. The summed E-state index contributed by atoms with van der Waals surface area (Å²) < 4.78 is 0. The van der Waals surface area contributed by atoms with Gasteiger partial charge in [0, 0.05) is 12.4 Å². The van der Waals surface area contributed by atoms with E-state index < -0.39 is 0 Å². The Morgan fingerprint density at radius 3 is 1.89 bits per heavy atom. The van der Waals surface area contributed by atoms with Crippen LogP contribution in [0.2, 0.25) is 0 Å². The first-order valence-electron chi connectivity index (χ1n) is 12.5. The Kier molecular flexibility index (Phi) is 13.6. The Hall–Kier alpha value is -2.65. The van der Waals surface area contributed by atoms with Gasteiger partial charge in [0.2, 0.25) is 0 Å². The molecule has 0 saturated carbocycles. The number of aromatic nitrogens is 2. The zero-order valence-electron chi connectivity index (χ0n) is 22.9. The van der Waals surface area contributed by atoms with Crippen LogP contribution in [0.4, 0.5) is 0 Å². The normalized spacial score (nSPS) is 18.8. The second kappa shape index (κ2) is 15.6. The van der Waals surface area contributed by atoms with Crippen LogP contribution in [0.5, 0.6) is 0 Å². The minimum atomic E-state index is 0. The van der Waals surface area contributed by atoms with Gasteiger partial charge >= 0.3 is 21.1 Å². The van der Waals surface area contributed by atoms with Crippen LogP contribution in [-0.2, 0) is 21.1 Å². The topological polar surface area (TPSA) is 54.0 Å². The summed E-state index contributed by atoms with van der Waals surface area (Å²) in [5.41, 5.74) is 4.65. The molecule has 0 radical (unpaired) electrons. The standard InChI is InChI=1S/C18H30N2.2C7H4N.Pt/c1-17(2,3)13-7-9-19-15(11-13)16-12-14(8-10-20-16)18(4,5)6;2*1-2-7-4-3-5-8-6-7;/h7,11,14,16H,8-10,12H2,1-6H3;2*3-6H;/q-2;2*-1;+4. The molecule has 0 amide bonds. The van der Waals surface area contributed by atoms with Crippen LogP contribution in [0.3, 0.4) is 0 Å². The summed E-state index contributed by atoms with van der Waals surface area (Å²) in [5.74, 6) is 5.18. The summed E-state index contributed by atoms with van der Waals surface area (Å²) in [6, 6.07) is 7.42. The molecule has 4 nitrogen and oxygen atoms in total. The van der Waals surface area contributed by atoms with Gasteiger partial charge < -0.3 is 23.5 Å². The first kappa shape index (κ1) is 32.4. The van der Waals surface area contributed by atoms with Crippen LogP contribution in [0.15, 0.2) is 72.5 Å². The van der Waals surface area contributed by atoms with E-state index in [1.165, 1.54) is 17.7 Å². The Morgan fingerprint density at radius 2 is 1.49 bits per heavy atom. The van der Waals surface area contributed by atoms with Gasteiger partial charge in [0.05, 0.1) is 0 Å². The zero-order chi connectivity index (χ0) is 26.6. The Balaban J connectivity index is 0.000000331. The maximum absolute atomic E-state index is 6.65. The molecule has 2 aromatic rings. The van der Waals surface area contributed by atoms with Crippen LogP contribution >= 0.6 is 0 Å². The minimum Gasteiger partial charge on any atom is -0.686 e. The van der Waals surface area contributed by atoms with E-state index in [1.54, 1.807) is 49.1 Å². The third kappa shape index (κ3) is 11.5. The van der Waals surface area contributed by atoms with Gasteiger partial charge in [0.1, 0.15) is 0 Å². The third-order valence-electron chi connectivity index (χ3n) is 6.27. The molecule has 0 bridgehead atoms. The van der Waals surface area contributed by atoms with Gasteiger partial charge in [-0.25, -0.2) is 0 Å². The SMILES string of the molecule is CC(C)(C)C1=CC[N-]C(C2CC(C(C)(C)C)CC[N-]2)=C1.[C-]#Cc1cccnc1.[C-]#Cc1cccnc1.[Pt+4]. The van der Waals surface area contributed by atoms with E-state index in [1.807, 2.05) is 0 Å². The molecule has 4 heterocycles. The van der Waals surface area contributed by atoms with Crippen molar-refractivity contribution in [3.8, 4) is 11.8 Å². The number of hydrogen-bond donors (Lipinski definition) is 0. The molecule has 0 aliphatic carbocycles. The van der Waals surface area contributed by atoms with Crippen LogP contribution in [-0.4, -0.2) is 29.1 Å². The van der Waals surface area contributed by atoms with Crippen molar-refractivity contribution < 1.29 is 21.1 Å². The summed E-state index contributed by atoms with van der Waals surface area (Å²) in [6.07, 6.45) is 26.8. The van der Waals surface area contributed by atoms with Crippen LogP contribution in [0.25, 0.3) is 10.6 Å². The van der Waals surface area contributed by atoms with Crippen molar-refractivity contribution in [1.29, 1.82) is 0 Å². The van der Waals surface area contributed by atoms with E-state index in [0.29, 0.717) is 22.6 Å². The first-order chi connectivity index (χ1) is 17.0. The van der Waals surface area contributed by atoms with E-state index in [2.05, 4.69) is 75.5 Å². The second-order valence-corrected chi connectivity index (χ2v) is 11.1. The van der Waals surface area contributed by atoms with Gasteiger partial charge in [-0.15, -0.1) is 42.4 Å². The molecule has 2 aliphatic rings. The van der Waals surface area contributed by atoms with E-state index in [-0.39, 0.29) is 26.5 Å². The molecule has 196 valence electrons. The van der Waals surface area contributed by atoms with Gasteiger partial charge in [0.15, 0.2) is 0 Å². The van der Waals surface area contributed by atoms with Crippen molar-refractivity contribution in [2.75, 3.05) is 13.1 Å². The first-order valence-corrected chi connectivity index (χ1v) is 12.5. The number of rotatable bonds is 1. The fourth-order valence-corrected chi connectivity index (χ4v) is 3.96. The molecule has 1 fully saturated rings. The van der Waals surface area contributed by atoms with Crippen molar-refractivity contribution in [3.05, 3.63) is 107 Å². The molecule has 0 aromatic carbocycles. The average molecular weight is 674 g/mol. The molecule has 0 N–H and O–H groups in total. The number of allylic oxidation sites excluding steroid dienone is 2. The molecular weight excluding hydrogens is 635 g/mol. The van der Waals surface area contributed by atoms with E-state index in [9.17, 15) is 0 Å². The molecule has 0 spiro atoms. The fourth-order valence-electron chi connectivity index (χ4n) is 3.96. The Labute approximate surface area is 239 Å². The number of piperidine rings is 1. The summed E-state index contributed by atoms with van der Waals surface area (Å²) in [6.45, 7) is 15.7. The molecule has 2 aliphatic heterocycles. The average Bonchev–Trinajstić information content (AvgIpc) is 2.89. The summed E-state index contributed by atoms with van der Waals surface area (Å²) in [4.78, 5) is 7.55. The number of pyridine rings is 2. The summed E-state index contributed by atoms with van der Waals surface area (Å²) in [7, 11) is 0. The van der Waals surface area contributed by atoms with Crippen molar-refractivity contribution in [3.63, 3.8) is 0 Å². The molecule has 2 aromatic heterocycles. The maximum Gasteiger partial charge on any atom is 4.00 e. The summed E-state index contributed by atoms with van der Waals surface area (Å²) in [5, 5.41) is 9.57. The van der Waals surface area contributed by atoms with E-state index in [4.69, 9.17) is 23.5 Å². The monoisotopic (exact) mass is 673 g/mol. The predicted molar refractivity (Wildman–Crippen MR) is 149 cm³/mol. The van der Waals surface area contributed by atoms with Gasteiger partial charge in [-0.2, -0.15) is 5.70 Å². The van der Waals surface area contributed by atoms with Crippen LogP contribution in [0, 0.1) is 41.4 Å². The van der Waals surface area contributed by atoms with Crippen LogP contribution < -0.4 is 0 Å². The van der Waals surface area contributed by atoms with Crippen molar-refractivity contribution in [2.24, 2.45) is 16.7 Å². The second-order valence-electron chi connectivity index (χ2n) is 11.1. The maximum atomic E-state index is 6.65. The zero-order valence-corrected chi connectivity index (χ0v) is 25.1. The molecule has 2 atom stereocenters. The predicted octanol–water partition coefficient (Wildman–Crippen LogP) is 7.46. The molecule has 4 rings (SSSR count). The third-order valence-corrected chi connectivity index (χ3v) is 6.27. The minimum absolute atomic E-state index is 0. The number of nitrogens with zero attached hydrogens (tertiary/aromatic N) is 4. The van der Waals surface area contributed by atoms with Gasteiger partial charge in [-0.3, -0.25) is 21.8 Å². The van der Waals surface area contributed by atoms with Gasteiger partial charge in [-0.05, 0) is 34.7 Å². The van der Waals surface area contributed by atoms with Crippen molar-refractivity contribution >= 4 is 0 Å². The van der Waals surface area contributed by atoms with Crippen molar-refractivity contribution in [1.82, 2.24) is 9.97 Å². The van der Waals surface area contributed by atoms with Crippen molar-refractivity contribution in [2.45, 2.75) is 60.4 Å². The van der Waals surface area contributed by atoms with E-state index >= 15 is 0 Å². The fraction of sp³-hybridized carbons (Fsp3) is 0.438. The molecule has 37 heavy (non-hydrogen) atoms. The Bertz CT molecular complexity index is 1030. The van der Waals surface area contributed by atoms with Crippen LogP contribution in [0.1, 0.15) is 65.5 Å². The van der Waals surface area contributed by atoms with Gasteiger partial charge in [0.25, 0.3) is 0 Å². The molecule has 1 saturated heterocycles. The molecular formula is C32H38N4Pt. The van der Waals surface area contributed by atoms with E-state index in [0.717, 1.165) is 25.4 Å². The quantitative estimate of drug-likeness (QED) is 0.233. The van der Waals surface area contributed by atoms with Gasteiger partial charge in [-0.1, -0.05) is 78.7 Å². The molecule has 2 unspecified atom stereocenters. The summed E-state index contributed by atoms with van der Waals surface area (Å²) >= 11 is 0.